The number of amides is 2. The van der Waals surface area contributed by atoms with Crippen molar-refractivity contribution in [1.29, 1.82) is 0 Å². The topological polar surface area (TPSA) is 120 Å². The fourth-order valence-electron chi connectivity index (χ4n) is 3.61. The van der Waals surface area contributed by atoms with Crippen LogP contribution in [0.15, 0.2) is 77.7 Å². The Labute approximate surface area is 228 Å². The van der Waals surface area contributed by atoms with E-state index in [2.05, 4.69) is 5.32 Å². The number of ether oxygens (including phenoxy) is 3. The highest BCUT2D eigenvalue weighted by atomic mass is 32.2. The zero-order valence-corrected chi connectivity index (χ0v) is 23.1. The molecular weight excluding hydrogens is 524 g/mol. The number of hydrogen-bond donors (Lipinski definition) is 1. The molecule has 0 spiro atoms. The Hall–Kier alpha value is -4.09. The average Bonchev–Trinajstić information content (AvgIpc) is 2.91. The fourth-order valence-corrected chi connectivity index (χ4v) is 4.73. The Morgan fingerprint density at radius 1 is 0.949 bits per heavy atom. The summed E-state index contributed by atoms with van der Waals surface area (Å²) >= 11 is 0. The van der Waals surface area contributed by atoms with E-state index in [0.29, 0.717) is 17.0 Å². The van der Waals surface area contributed by atoms with E-state index in [1.165, 1.54) is 49.5 Å². The minimum atomic E-state index is -4.38. The van der Waals surface area contributed by atoms with E-state index < -0.39 is 28.2 Å². The fraction of sp³-hybridized carbons (Fsp3) is 0.286. The Balaban J connectivity index is 1.81. The molecule has 3 rings (SSSR count). The molecule has 0 heterocycles. The molecule has 0 fully saturated rings. The standard InChI is InChI=1S/C28H32N2O8S/c1-20(2)37-27(31)23-12-5-8-15-26(23)39(33,34)38-22-11-9-10-21(18-22)19-30(16-17-35-3)28(32)29-24-13-6-7-14-25(24)36-4/h5-15,18,20H,16-17,19H2,1-4H3,(H,29,32). The van der Waals surface area contributed by atoms with Crippen LogP contribution >= 0.6 is 0 Å². The van der Waals surface area contributed by atoms with E-state index >= 15 is 0 Å². The van der Waals surface area contributed by atoms with E-state index in [0.717, 1.165) is 0 Å². The third-order valence-corrected chi connectivity index (χ3v) is 6.70. The number of methoxy groups -OCH3 is 2. The third kappa shape index (κ3) is 8.20. The lowest BCUT2D eigenvalue weighted by atomic mass is 10.2. The zero-order valence-electron chi connectivity index (χ0n) is 22.2. The molecule has 0 aromatic heterocycles. The van der Waals surface area contributed by atoms with E-state index in [9.17, 15) is 18.0 Å². The number of para-hydroxylation sites is 2. The van der Waals surface area contributed by atoms with Gasteiger partial charge in [-0.15, -0.1) is 0 Å². The van der Waals surface area contributed by atoms with Crippen LogP contribution in [0.5, 0.6) is 11.5 Å². The van der Waals surface area contributed by atoms with Crippen LogP contribution in [0, 0.1) is 0 Å². The molecule has 0 aliphatic carbocycles. The lowest BCUT2D eigenvalue weighted by Crippen LogP contribution is -2.37. The molecule has 2 amide bonds. The van der Waals surface area contributed by atoms with Crippen LogP contribution in [0.2, 0.25) is 0 Å². The first kappa shape index (κ1) is 29.5. The molecule has 208 valence electrons. The third-order valence-electron chi connectivity index (χ3n) is 5.40. The van der Waals surface area contributed by atoms with Crippen LogP contribution in [0.1, 0.15) is 29.8 Å². The molecule has 0 bridgehead atoms. The first-order chi connectivity index (χ1) is 18.6. The molecule has 0 atom stereocenters. The van der Waals surface area contributed by atoms with Crippen molar-refractivity contribution in [3.8, 4) is 11.5 Å². The van der Waals surface area contributed by atoms with E-state index in [1.807, 2.05) is 0 Å². The van der Waals surface area contributed by atoms with Crippen molar-refractivity contribution in [2.24, 2.45) is 0 Å². The maximum absolute atomic E-state index is 13.1. The number of nitrogens with one attached hydrogen (secondary N) is 1. The number of hydrogen-bond acceptors (Lipinski definition) is 8. The maximum Gasteiger partial charge on any atom is 0.340 e. The summed E-state index contributed by atoms with van der Waals surface area (Å²) in [5.74, 6) is -0.233. The highest BCUT2D eigenvalue weighted by Gasteiger charge is 2.26. The summed E-state index contributed by atoms with van der Waals surface area (Å²) in [6.45, 7) is 4.03. The second kappa shape index (κ2) is 13.6. The van der Waals surface area contributed by atoms with Gasteiger partial charge in [-0.1, -0.05) is 36.4 Å². The highest BCUT2D eigenvalue weighted by molar-refractivity contribution is 7.87. The molecule has 39 heavy (non-hydrogen) atoms. The largest absolute Gasteiger partial charge is 0.495 e. The normalized spacial score (nSPS) is 11.1. The van der Waals surface area contributed by atoms with Crippen LogP contribution in [0.25, 0.3) is 0 Å². The Kier molecular flexibility index (Phi) is 10.3. The number of carbonyl (C=O) groups is 2. The molecule has 3 aromatic carbocycles. The molecule has 0 radical (unpaired) electrons. The number of esters is 1. The van der Waals surface area contributed by atoms with Gasteiger partial charge in [-0.3, -0.25) is 0 Å². The molecule has 3 aromatic rings. The molecule has 10 nitrogen and oxygen atoms in total. The lowest BCUT2D eigenvalue weighted by Gasteiger charge is -2.23. The predicted octanol–water partition coefficient (Wildman–Crippen LogP) is 4.71. The zero-order chi connectivity index (χ0) is 28.4. The summed E-state index contributed by atoms with van der Waals surface area (Å²) in [6.07, 6.45) is -0.424. The summed E-state index contributed by atoms with van der Waals surface area (Å²) in [6, 6.07) is 18.7. The quantitative estimate of drug-likeness (QED) is 0.252. The van der Waals surface area contributed by atoms with E-state index in [-0.39, 0.29) is 35.9 Å². The first-order valence-corrected chi connectivity index (χ1v) is 13.6. The Morgan fingerprint density at radius 3 is 2.38 bits per heavy atom. The smallest absolute Gasteiger partial charge is 0.340 e. The summed E-state index contributed by atoms with van der Waals surface area (Å²) < 4.78 is 47.3. The van der Waals surface area contributed by atoms with Crippen molar-refractivity contribution in [3.63, 3.8) is 0 Å². The molecule has 1 N–H and O–H groups in total. The van der Waals surface area contributed by atoms with Gasteiger partial charge < -0.3 is 28.6 Å². The van der Waals surface area contributed by atoms with Crippen molar-refractivity contribution in [2.75, 3.05) is 32.7 Å². The second-order valence-corrected chi connectivity index (χ2v) is 10.2. The second-order valence-electron chi connectivity index (χ2n) is 8.68. The summed E-state index contributed by atoms with van der Waals surface area (Å²) in [5.41, 5.74) is 0.993. The van der Waals surface area contributed by atoms with Gasteiger partial charge in [-0.2, -0.15) is 8.42 Å². The van der Waals surface area contributed by atoms with Gasteiger partial charge in [0, 0.05) is 20.2 Å². The van der Waals surface area contributed by atoms with Crippen molar-refractivity contribution in [1.82, 2.24) is 4.90 Å². The number of rotatable bonds is 12. The van der Waals surface area contributed by atoms with Crippen LogP contribution in [-0.2, 0) is 26.1 Å². The Morgan fingerprint density at radius 2 is 1.67 bits per heavy atom. The average molecular weight is 557 g/mol. The number of benzene rings is 3. The van der Waals surface area contributed by atoms with Crippen LogP contribution < -0.4 is 14.2 Å². The number of anilines is 1. The first-order valence-electron chi connectivity index (χ1n) is 12.2. The predicted molar refractivity (Wildman–Crippen MR) is 146 cm³/mol. The minimum Gasteiger partial charge on any atom is -0.495 e. The van der Waals surface area contributed by atoms with Gasteiger partial charge in [0.25, 0.3) is 0 Å². The summed E-state index contributed by atoms with van der Waals surface area (Å²) in [4.78, 5) is 26.8. The monoisotopic (exact) mass is 556 g/mol. The Bertz CT molecular complexity index is 1390. The number of carbonyl (C=O) groups excluding carboxylic acids is 2. The molecule has 0 aliphatic rings. The van der Waals surface area contributed by atoms with Gasteiger partial charge in [0.2, 0.25) is 0 Å². The van der Waals surface area contributed by atoms with Gasteiger partial charge in [-0.05, 0) is 55.8 Å². The van der Waals surface area contributed by atoms with Crippen molar-refractivity contribution >= 4 is 27.8 Å². The van der Waals surface area contributed by atoms with Crippen molar-refractivity contribution in [3.05, 3.63) is 83.9 Å². The van der Waals surface area contributed by atoms with E-state index in [4.69, 9.17) is 18.4 Å². The SMILES string of the molecule is COCCN(Cc1cccc(OS(=O)(=O)c2ccccc2C(=O)OC(C)C)c1)C(=O)Nc1ccccc1OC. The van der Waals surface area contributed by atoms with Crippen molar-refractivity contribution in [2.45, 2.75) is 31.4 Å². The van der Waals surface area contributed by atoms with Gasteiger partial charge in [0.15, 0.2) is 0 Å². The minimum absolute atomic E-state index is 0.0244. The van der Waals surface area contributed by atoms with Crippen LogP contribution in [0.4, 0.5) is 10.5 Å². The van der Waals surface area contributed by atoms with E-state index in [1.54, 1.807) is 56.3 Å². The molecular formula is C28H32N2O8S. The van der Waals surface area contributed by atoms with Crippen LogP contribution in [0.3, 0.4) is 0 Å². The molecule has 11 heteroatoms. The van der Waals surface area contributed by atoms with Gasteiger partial charge in [0.05, 0.1) is 31.1 Å². The molecule has 0 aliphatic heterocycles. The van der Waals surface area contributed by atoms with Crippen LogP contribution in [-0.4, -0.2) is 58.8 Å². The highest BCUT2D eigenvalue weighted by Crippen LogP contribution is 2.25. The van der Waals surface area contributed by atoms with Gasteiger partial charge >= 0.3 is 22.1 Å². The van der Waals surface area contributed by atoms with Gasteiger partial charge in [-0.25, -0.2) is 9.59 Å². The summed E-state index contributed by atoms with van der Waals surface area (Å²) in [5, 5.41) is 2.83. The molecule has 0 saturated carbocycles. The summed E-state index contributed by atoms with van der Waals surface area (Å²) in [7, 11) is -1.33. The number of urea groups is 1. The van der Waals surface area contributed by atoms with Gasteiger partial charge in [0.1, 0.15) is 16.4 Å². The molecule has 0 saturated heterocycles. The molecule has 0 unspecified atom stereocenters. The lowest BCUT2D eigenvalue weighted by molar-refractivity contribution is 0.0373. The number of nitrogens with zero attached hydrogens (tertiary/aromatic N) is 1. The van der Waals surface area contributed by atoms with Crippen molar-refractivity contribution < 1.29 is 36.4 Å². The maximum atomic E-state index is 13.1.